The number of nitrogens with two attached hydrogens (primary N) is 1. The minimum absolute atomic E-state index is 0.331. The van der Waals surface area contributed by atoms with Gasteiger partial charge in [-0.25, -0.2) is 0 Å². The molecule has 0 aliphatic heterocycles. The number of thioether (sulfide) groups is 1. The first kappa shape index (κ1) is 9.98. The first-order valence-corrected chi connectivity index (χ1v) is 5.91. The third-order valence-corrected chi connectivity index (χ3v) is 3.85. The Morgan fingerprint density at radius 2 is 2.29 bits per heavy atom. The molecule has 0 bridgehead atoms. The maximum Gasteiger partial charge on any atom is 0.190 e. The quantitative estimate of drug-likeness (QED) is 0.755. The van der Waals surface area contributed by atoms with Gasteiger partial charge in [0, 0.05) is 18.8 Å². The van der Waals surface area contributed by atoms with E-state index in [0.717, 1.165) is 22.7 Å². The molecular weight excluding hydrogens is 196 g/mol. The summed E-state index contributed by atoms with van der Waals surface area (Å²) < 4.78 is 2.00. The van der Waals surface area contributed by atoms with Crippen molar-refractivity contribution in [2.45, 2.75) is 31.0 Å². The van der Waals surface area contributed by atoms with Crippen molar-refractivity contribution in [1.82, 2.24) is 14.8 Å². The van der Waals surface area contributed by atoms with Crippen molar-refractivity contribution < 1.29 is 0 Å². The molecule has 0 amide bonds. The number of hydrogen-bond acceptors (Lipinski definition) is 4. The summed E-state index contributed by atoms with van der Waals surface area (Å²) in [5.41, 5.74) is 6.01. The normalized spacial score (nSPS) is 18.5. The molecule has 2 rings (SSSR count). The van der Waals surface area contributed by atoms with Crippen LogP contribution in [0.25, 0.3) is 0 Å². The Labute approximate surface area is 88.3 Å². The van der Waals surface area contributed by atoms with Gasteiger partial charge >= 0.3 is 0 Å². The van der Waals surface area contributed by atoms with Crippen LogP contribution in [-0.4, -0.2) is 26.6 Å². The van der Waals surface area contributed by atoms with Crippen molar-refractivity contribution in [3.63, 3.8) is 0 Å². The minimum atomic E-state index is 0.331. The van der Waals surface area contributed by atoms with E-state index >= 15 is 0 Å². The molecule has 1 fully saturated rings. The number of nitrogens with zero attached hydrogens (tertiary/aromatic N) is 3. The van der Waals surface area contributed by atoms with Crippen molar-refractivity contribution >= 4 is 11.8 Å². The molecule has 78 valence electrons. The van der Waals surface area contributed by atoms with E-state index in [2.05, 4.69) is 10.2 Å². The van der Waals surface area contributed by atoms with Crippen LogP contribution in [0.2, 0.25) is 0 Å². The second-order valence-corrected chi connectivity index (χ2v) is 4.89. The number of aryl methyl sites for hydroxylation is 1. The summed E-state index contributed by atoms with van der Waals surface area (Å²) in [5.74, 6) is 2.67. The van der Waals surface area contributed by atoms with Crippen LogP contribution in [-0.2, 0) is 7.05 Å². The lowest BCUT2D eigenvalue weighted by Gasteiger charge is -2.08. The van der Waals surface area contributed by atoms with Gasteiger partial charge in [0.15, 0.2) is 5.16 Å². The molecule has 1 aliphatic carbocycles. The van der Waals surface area contributed by atoms with E-state index < -0.39 is 0 Å². The van der Waals surface area contributed by atoms with Gasteiger partial charge in [-0.1, -0.05) is 11.8 Å². The summed E-state index contributed by atoms with van der Waals surface area (Å²) in [4.78, 5) is 0. The average Bonchev–Trinajstić information content (AvgIpc) is 2.95. The monoisotopic (exact) mass is 212 g/mol. The molecular formula is C9H16N4S. The van der Waals surface area contributed by atoms with Crippen LogP contribution in [0.15, 0.2) is 5.16 Å². The van der Waals surface area contributed by atoms with Crippen LogP contribution >= 0.6 is 11.8 Å². The zero-order chi connectivity index (χ0) is 10.1. The topological polar surface area (TPSA) is 56.7 Å². The Hall–Kier alpha value is -0.550. The maximum atomic E-state index is 6.01. The van der Waals surface area contributed by atoms with E-state index in [0.29, 0.717) is 6.04 Å². The standard InChI is InChI=1S/C9H16N4S/c1-6-11-12-9(13(6)2)14-5-8(10)7-3-4-7/h7-8H,3-5,10H2,1-2H3. The van der Waals surface area contributed by atoms with Gasteiger partial charge in [-0.3, -0.25) is 0 Å². The lowest BCUT2D eigenvalue weighted by molar-refractivity contribution is 0.656. The van der Waals surface area contributed by atoms with E-state index in [1.807, 2.05) is 18.5 Å². The molecule has 1 unspecified atom stereocenters. The van der Waals surface area contributed by atoms with Gasteiger partial charge in [0.05, 0.1) is 0 Å². The fraction of sp³-hybridized carbons (Fsp3) is 0.778. The summed E-state index contributed by atoms with van der Waals surface area (Å²) in [7, 11) is 1.99. The summed E-state index contributed by atoms with van der Waals surface area (Å²) in [5, 5.41) is 9.06. The fourth-order valence-corrected chi connectivity index (χ4v) is 2.38. The third-order valence-electron chi connectivity index (χ3n) is 2.68. The molecule has 14 heavy (non-hydrogen) atoms. The molecule has 5 heteroatoms. The Morgan fingerprint density at radius 3 is 2.79 bits per heavy atom. The molecule has 1 saturated carbocycles. The molecule has 4 nitrogen and oxygen atoms in total. The van der Waals surface area contributed by atoms with Gasteiger partial charge in [-0.15, -0.1) is 10.2 Å². The zero-order valence-corrected chi connectivity index (χ0v) is 9.42. The predicted octanol–water partition coefficient (Wildman–Crippen LogP) is 0.953. The van der Waals surface area contributed by atoms with Crippen LogP contribution in [0, 0.1) is 12.8 Å². The molecule has 0 radical (unpaired) electrons. The fourth-order valence-electron chi connectivity index (χ4n) is 1.34. The summed E-state index contributed by atoms with van der Waals surface area (Å²) >= 11 is 1.71. The van der Waals surface area contributed by atoms with Crippen molar-refractivity contribution in [2.24, 2.45) is 18.7 Å². The van der Waals surface area contributed by atoms with Crippen LogP contribution in [0.5, 0.6) is 0 Å². The summed E-state index contributed by atoms with van der Waals surface area (Å²) in [6, 6.07) is 0.331. The van der Waals surface area contributed by atoms with Crippen molar-refractivity contribution in [3.8, 4) is 0 Å². The molecule has 1 aliphatic rings. The molecule has 1 aromatic heterocycles. The molecule has 0 saturated heterocycles. The Balaban J connectivity index is 1.87. The highest BCUT2D eigenvalue weighted by molar-refractivity contribution is 7.99. The van der Waals surface area contributed by atoms with E-state index in [-0.39, 0.29) is 0 Å². The molecule has 1 atom stereocenters. The van der Waals surface area contributed by atoms with Gasteiger partial charge in [0.2, 0.25) is 0 Å². The summed E-state index contributed by atoms with van der Waals surface area (Å²) in [6.45, 7) is 1.96. The van der Waals surface area contributed by atoms with Crippen LogP contribution in [0.3, 0.4) is 0 Å². The minimum Gasteiger partial charge on any atom is -0.327 e. The number of aromatic nitrogens is 3. The second-order valence-electron chi connectivity index (χ2n) is 3.90. The molecule has 0 aromatic carbocycles. The lowest BCUT2D eigenvalue weighted by Crippen LogP contribution is -2.25. The smallest absolute Gasteiger partial charge is 0.190 e. The van der Waals surface area contributed by atoms with Gasteiger partial charge in [-0.05, 0) is 25.7 Å². The Kier molecular flexibility index (Phi) is 2.78. The maximum absolute atomic E-state index is 6.01. The van der Waals surface area contributed by atoms with E-state index in [1.165, 1.54) is 12.8 Å². The Bertz CT molecular complexity index is 319. The summed E-state index contributed by atoms with van der Waals surface area (Å²) in [6.07, 6.45) is 2.61. The highest BCUT2D eigenvalue weighted by Gasteiger charge is 2.28. The molecule has 2 N–H and O–H groups in total. The molecule has 1 heterocycles. The zero-order valence-electron chi connectivity index (χ0n) is 8.60. The number of hydrogen-bond donors (Lipinski definition) is 1. The van der Waals surface area contributed by atoms with Crippen LogP contribution in [0.1, 0.15) is 18.7 Å². The third kappa shape index (κ3) is 2.09. The SMILES string of the molecule is Cc1nnc(SCC(N)C2CC2)n1C. The van der Waals surface area contributed by atoms with Crippen LogP contribution < -0.4 is 5.73 Å². The van der Waals surface area contributed by atoms with E-state index in [9.17, 15) is 0 Å². The number of rotatable bonds is 4. The molecule has 1 aromatic rings. The van der Waals surface area contributed by atoms with Crippen LogP contribution in [0.4, 0.5) is 0 Å². The van der Waals surface area contributed by atoms with Gasteiger partial charge in [0.25, 0.3) is 0 Å². The highest BCUT2D eigenvalue weighted by atomic mass is 32.2. The Morgan fingerprint density at radius 1 is 1.57 bits per heavy atom. The lowest BCUT2D eigenvalue weighted by atomic mass is 10.2. The average molecular weight is 212 g/mol. The van der Waals surface area contributed by atoms with Crippen molar-refractivity contribution in [3.05, 3.63) is 5.82 Å². The van der Waals surface area contributed by atoms with Crippen molar-refractivity contribution in [2.75, 3.05) is 5.75 Å². The van der Waals surface area contributed by atoms with E-state index in [4.69, 9.17) is 5.73 Å². The predicted molar refractivity (Wildman–Crippen MR) is 57.2 cm³/mol. The van der Waals surface area contributed by atoms with Gasteiger partial charge < -0.3 is 10.3 Å². The second kappa shape index (κ2) is 3.90. The first-order chi connectivity index (χ1) is 6.68. The first-order valence-electron chi connectivity index (χ1n) is 4.93. The van der Waals surface area contributed by atoms with Gasteiger partial charge in [-0.2, -0.15) is 0 Å². The van der Waals surface area contributed by atoms with Gasteiger partial charge in [0.1, 0.15) is 5.82 Å². The van der Waals surface area contributed by atoms with Crippen molar-refractivity contribution in [1.29, 1.82) is 0 Å². The van der Waals surface area contributed by atoms with E-state index in [1.54, 1.807) is 11.8 Å². The largest absolute Gasteiger partial charge is 0.327 e. The molecule has 0 spiro atoms. The highest BCUT2D eigenvalue weighted by Crippen LogP contribution is 2.33.